The van der Waals surface area contributed by atoms with Gasteiger partial charge in [-0.05, 0) is 12.8 Å². The average molecular weight is 174 g/mol. The molecule has 62 valence electrons. The molecule has 0 aromatic heterocycles. The molecule has 0 bridgehead atoms. The van der Waals surface area contributed by atoms with E-state index in [2.05, 4.69) is 0 Å². The van der Waals surface area contributed by atoms with E-state index in [1.54, 1.807) is 0 Å². The summed E-state index contributed by atoms with van der Waals surface area (Å²) in [6.07, 6.45) is -0.646. The van der Waals surface area contributed by atoms with Crippen LogP contribution in [0.3, 0.4) is 0 Å². The van der Waals surface area contributed by atoms with Crippen LogP contribution in [0.2, 0.25) is 0 Å². The second-order valence-corrected chi connectivity index (χ2v) is 1.42. The van der Waals surface area contributed by atoms with E-state index in [1.807, 2.05) is 0 Å². The summed E-state index contributed by atoms with van der Waals surface area (Å²) in [5.74, 6) is 0. The maximum absolute atomic E-state index is 8.44. The summed E-state index contributed by atoms with van der Waals surface area (Å²) in [5.41, 5.74) is 0. The maximum atomic E-state index is 8.44. The predicted molar refractivity (Wildman–Crippen MR) is 31.4 cm³/mol. The third kappa shape index (κ3) is 67.2. The molecule has 0 spiro atoms. The van der Waals surface area contributed by atoms with Crippen LogP contribution >= 0.6 is 0 Å². The molecule has 0 saturated carbocycles. The van der Waals surface area contributed by atoms with Gasteiger partial charge in [0.05, 0.1) is 0 Å². The second kappa shape index (κ2) is 16.6. The van der Waals surface area contributed by atoms with Crippen LogP contribution < -0.4 is 34.7 Å². The van der Waals surface area contributed by atoms with Crippen LogP contribution in [0.5, 0.6) is 0 Å². The predicted octanol–water partition coefficient (Wildman–Crippen LogP) is -4.36. The Kier molecular flexibility index (Phi) is 26.2. The Morgan fingerprint density at radius 2 is 1.36 bits per heavy atom. The first-order valence-electron chi connectivity index (χ1n) is 2.76. The third-order valence-electron chi connectivity index (χ3n) is 0.566. The zero-order valence-electron chi connectivity index (χ0n) is 6.49. The molecule has 5 nitrogen and oxygen atoms in total. The molecule has 0 radical (unpaired) electrons. The van der Waals surface area contributed by atoms with E-state index >= 15 is 0 Å². The van der Waals surface area contributed by atoms with Crippen molar-refractivity contribution in [2.45, 2.75) is 12.8 Å². The first-order valence-corrected chi connectivity index (χ1v) is 2.76. The van der Waals surface area contributed by atoms with Crippen LogP contribution in [0.1, 0.15) is 12.8 Å². The minimum absolute atomic E-state index is 0. The fraction of sp³-hybridized carbons (Fsp3) is 0.800. The number of carbonyl (C=O) groups is 1. The van der Waals surface area contributed by atoms with Crippen molar-refractivity contribution < 1.29 is 54.8 Å². The van der Waals surface area contributed by atoms with Crippen LogP contribution in [0.25, 0.3) is 0 Å². The van der Waals surface area contributed by atoms with Crippen molar-refractivity contribution in [2.24, 2.45) is 0 Å². The van der Waals surface area contributed by atoms with E-state index in [-0.39, 0.29) is 42.8 Å². The third-order valence-corrected chi connectivity index (χ3v) is 0.566. The van der Waals surface area contributed by atoms with Crippen molar-refractivity contribution in [3.05, 3.63) is 0 Å². The molecule has 0 unspecified atom stereocenters. The Balaban J connectivity index is -0.000000114. The summed E-state index contributed by atoms with van der Waals surface area (Å²) in [6.45, 7) is 0.390. The van der Waals surface area contributed by atoms with Crippen molar-refractivity contribution >= 4 is 6.16 Å². The molecule has 0 rings (SSSR count). The van der Waals surface area contributed by atoms with E-state index in [0.29, 0.717) is 0 Å². The zero-order chi connectivity index (χ0) is 8.41. The Morgan fingerprint density at radius 1 is 1.18 bits per heavy atom. The first-order chi connectivity index (χ1) is 4.65. The van der Waals surface area contributed by atoms with Gasteiger partial charge in [0, 0.05) is 13.2 Å². The molecule has 11 heavy (non-hydrogen) atoms. The van der Waals surface area contributed by atoms with Gasteiger partial charge in [0.15, 0.2) is 0 Å². The van der Waals surface area contributed by atoms with Crippen molar-refractivity contribution in [1.82, 2.24) is 0 Å². The smallest absolute Gasteiger partial charge is 0.565 e. The van der Waals surface area contributed by atoms with Crippen LogP contribution in [-0.4, -0.2) is 34.7 Å². The summed E-state index contributed by atoms with van der Waals surface area (Å²) < 4.78 is 0. The molecule has 0 aromatic carbocycles. The molecule has 0 saturated heterocycles. The van der Waals surface area contributed by atoms with Crippen LogP contribution in [0.4, 0.5) is 4.79 Å². The van der Waals surface area contributed by atoms with Gasteiger partial charge in [0.1, 0.15) is 0 Å². The number of aliphatic hydroxyl groups excluding tert-OH is 2. The largest absolute Gasteiger partial charge is 1.00 e. The summed E-state index contributed by atoms with van der Waals surface area (Å²) in [5, 5.41) is 31.5. The van der Waals surface area contributed by atoms with Crippen LogP contribution in [0.15, 0.2) is 0 Å². The number of unbranched alkanes of at least 4 members (excludes halogenated alkanes) is 1. The Bertz CT molecular complexity index is 69.3. The molecular formula is C5H11NaO5. The number of hydrogen-bond acceptors (Lipinski definition) is 4. The van der Waals surface area contributed by atoms with Crippen molar-refractivity contribution in [3.8, 4) is 0 Å². The molecule has 0 amide bonds. The number of hydrogen-bond donors (Lipinski definition) is 3. The van der Waals surface area contributed by atoms with Gasteiger partial charge < -0.3 is 25.2 Å². The van der Waals surface area contributed by atoms with Gasteiger partial charge in [-0.1, -0.05) is 0 Å². The van der Waals surface area contributed by atoms with Gasteiger partial charge in [-0.3, -0.25) is 0 Å². The molecule has 0 atom stereocenters. The number of aliphatic hydroxyl groups is 2. The molecular weight excluding hydrogens is 163 g/mol. The van der Waals surface area contributed by atoms with Crippen molar-refractivity contribution in [2.75, 3.05) is 13.2 Å². The van der Waals surface area contributed by atoms with Gasteiger partial charge in [0.25, 0.3) is 0 Å². The summed E-state index contributed by atoms with van der Waals surface area (Å²) in [7, 11) is 0. The normalized spacial score (nSPS) is 7.09. The van der Waals surface area contributed by atoms with Gasteiger partial charge >= 0.3 is 29.6 Å². The van der Waals surface area contributed by atoms with E-state index in [0.717, 1.165) is 12.8 Å². The van der Waals surface area contributed by atoms with E-state index in [9.17, 15) is 0 Å². The minimum Gasteiger partial charge on any atom is -0.565 e. The van der Waals surface area contributed by atoms with Gasteiger partial charge in [-0.2, -0.15) is 0 Å². The summed E-state index contributed by atoms with van der Waals surface area (Å²) in [6, 6.07) is 0. The summed E-state index contributed by atoms with van der Waals surface area (Å²) >= 11 is 0. The van der Waals surface area contributed by atoms with E-state index in [1.165, 1.54) is 0 Å². The minimum atomic E-state index is -2.08. The Labute approximate surface area is 87.0 Å². The number of carboxylic acid groups (broad SMARTS) is 2. The fourth-order valence-electron chi connectivity index (χ4n) is 0.224. The molecule has 0 fully saturated rings. The molecule has 0 heterocycles. The summed E-state index contributed by atoms with van der Waals surface area (Å²) in [4.78, 5) is 8.44. The van der Waals surface area contributed by atoms with E-state index in [4.69, 9.17) is 25.2 Å². The molecule has 0 aromatic rings. The topological polar surface area (TPSA) is 101 Å². The van der Waals surface area contributed by atoms with Crippen LogP contribution in [-0.2, 0) is 0 Å². The van der Waals surface area contributed by atoms with Crippen LogP contribution in [0, 0.1) is 0 Å². The van der Waals surface area contributed by atoms with E-state index < -0.39 is 6.16 Å². The Morgan fingerprint density at radius 3 is 1.45 bits per heavy atom. The molecule has 0 aliphatic rings. The molecule has 0 aliphatic carbocycles. The zero-order valence-corrected chi connectivity index (χ0v) is 8.49. The second-order valence-electron chi connectivity index (χ2n) is 1.42. The van der Waals surface area contributed by atoms with Gasteiger partial charge in [0.2, 0.25) is 6.16 Å². The number of rotatable bonds is 3. The monoisotopic (exact) mass is 174 g/mol. The molecule has 0 aliphatic heterocycles. The first kappa shape index (κ1) is 17.3. The molecule has 6 heteroatoms. The van der Waals surface area contributed by atoms with Gasteiger partial charge in [-0.25, -0.2) is 0 Å². The van der Waals surface area contributed by atoms with Crippen molar-refractivity contribution in [1.29, 1.82) is 0 Å². The standard InChI is InChI=1S/C4H10O2.CH2O3.Na/c5-3-1-2-4-6;2-1(3)4;/h5-6H,1-4H2;(H2,2,3,4);/q;;+1/p-1. The fourth-order valence-corrected chi connectivity index (χ4v) is 0.224. The Hall–Kier alpha value is 0.190. The SMILES string of the molecule is O=C([O-])O.OCCCCO.[Na+]. The quantitative estimate of drug-likeness (QED) is 0.296. The maximum Gasteiger partial charge on any atom is 1.00 e. The van der Waals surface area contributed by atoms with Crippen molar-refractivity contribution in [3.63, 3.8) is 0 Å². The average Bonchev–Trinajstić information content (AvgIpc) is 1.82. The molecule has 3 N–H and O–H groups in total. The van der Waals surface area contributed by atoms with Gasteiger partial charge in [-0.15, -0.1) is 0 Å².